The van der Waals surface area contributed by atoms with Crippen LogP contribution in [0.25, 0.3) is 0 Å². The fraction of sp³-hybridized carbons (Fsp3) is 0.500. The van der Waals surface area contributed by atoms with E-state index in [0.717, 1.165) is 43.9 Å². The van der Waals surface area contributed by atoms with Gasteiger partial charge in [-0.1, -0.05) is 18.2 Å². The highest BCUT2D eigenvalue weighted by atomic mass is 16.5. The molecule has 2 heterocycles. The number of ether oxygens (including phenoxy) is 1. The number of carbonyl (C=O) groups is 1. The lowest BCUT2D eigenvalue weighted by molar-refractivity contribution is -0.134. The third kappa shape index (κ3) is 3.03. The molecule has 2 fully saturated rings. The van der Waals surface area contributed by atoms with Crippen molar-refractivity contribution >= 4 is 5.91 Å². The highest BCUT2D eigenvalue weighted by molar-refractivity contribution is 5.83. The first-order chi connectivity index (χ1) is 12.2. The van der Waals surface area contributed by atoms with Gasteiger partial charge in [0.25, 0.3) is 0 Å². The number of piperidine rings is 1. The molecule has 1 amide bonds. The normalized spacial score (nSPS) is 25.7. The van der Waals surface area contributed by atoms with Crippen LogP contribution in [0.3, 0.4) is 0 Å². The van der Waals surface area contributed by atoms with Crippen molar-refractivity contribution in [3.63, 3.8) is 0 Å². The van der Waals surface area contributed by atoms with E-state index in [1.807, 2.05) is 37.5 Å². The lowest BCUT2D eigenvalue weighted by atomic mass is 10.0. The summed E-state index contributed by atoms with van der Waals surface area (Å²) in [6.07, 6.45) is 6.98. The Bertz CT molecular complexity index is 770. The Morgan fingerprint density at radius 3 is 2.92 bits per heavy atom. The maximum atomic E-state index is 13.0. The molecule has 1 aromatic carbocycles. The topological polar surface area (TPSA) is 47.4 Å². The maximum absolute atomic E-state index is 13.0. The monoisotopic (exact) mass is 339 g/mol. The standard InChI is InChI=1S/C20H25N3O2/c1-14-21-9-11-23(14)15-6-5-10-22(13-15)20(24)18-12-17(18)16-7-3-4-8-19(16)25-2/h3-4,7-9,11,15,17-18H,5-6,10,12-13H2,1-2H3/t15-,17+,18-/m1/s1. The van der Waals surface area contributed by atoms with Crippen LogP contribution in [0, 0.1) is 12.8 Å². The van der Waals surface area contributed by atoms with Crippen LogP contribution in [-0.2, 0) is 4.79 Å². The Hall–Kier alpha value is -2.30. The number of benzene rings is 1. The van der Waals surface area contributed by atoms with Gasteiger partial charge in [-0.15, -0.1) is 0 Å². The first kappa shape index (κ1) is 16.2. The van der Waals surface area contributed by atoms with Crippen molar-refractivity contribution in [2.45, 2.75) is 38.1 Å². The van der Waals surface area contributed by atoms with Crippen molar-refractivity contribution in [3.8, 4) is 5.75 Å². The number of nitrogens with zero attached hydrogens (tertiary/aromatic N) is 3. The average molecular weight is 339 g/mol. The Morgan fingerprint density at radius 1 is 1.32 bits per heavy atom. The van der Waals surface area contributed by atoms with E-state index in [2.05, 4.69) is 20.5 Å². The summed E-state index contributed by atoms with van der Waals surface area (Å²) in [5.74, 6) is 2.64. The number of carbonyl (C=O) groups excluding carboxylic acids is 1. The van der Waals surface area contributed by atoms with E-state index in [1.165, 1.54) is 5.56 Å². The molecule has 0 radical (unpaired) electrons. The van der Waals surface area contributed by atoms with E-state index < -0.39 is 0 Å². The molecular weight excluding hydrogens is 314 g/mol. The highest BCUT2D eigenvalue weighted by Crippen LogP contribution is 2.51. The van der Waals surface area contributed by atoms with Crippen molar-refractivity contribution < 1.29 is 9.53 Å². The van der Waals surface area contributed by atoms with Gasteiger partial charge < -0.3 is 14.2 Å². The summed E-state index contributed by atoms with van der Waals surface area (Å²) >= 11 is 0. The van der Waals surface area contributed by atoms with Gasteiger partial charge in [-0.2, -0.15) is 0 Å². The summed E-state index contributed by atoms with van der Waals surface area (Å²) in [5.41, 5.74) is 1.17. The molecule has 5 heteroatoms. The molecule has 1 saturated heterocycles. The Kier molecular flexibility index (Phi) is 4.24. The number of hydrogen-bond donors (Lipinski definition) is 0. The molecule has 132 valence electrons. The van der Waals surface area contributed by atoms with Crippen LogP contribution in [0.5, 0.6) is 5.75 Å². The number of likely N-dealkylation sites (tertiary alicyclic amines) is 1. The molecule has 1 saturated carbocycles. The number of rotatable bonds is 4. The Morgan fingerprint density at radius 2 is 2.16 bits per heavy atom. The molecule has 1 aromatic heterocycles. The molecule has 4 rings (SSSR count). The quantitative estimate of drug-likeness (QED) is 0.859. The number of methoxy groups -OCH3 is 1. The second-order valence-electron chi connectivity index (χ2n) is 7.15. The lowest BCUT2D eigenvalue weighted by Gasteiger charge is -2.34. The largest absolute Gasteiger partial charge is 0.496 e. The third-order valence-electron chi connectivity index (χ3n) is 5.61. The zero-order valence-corrected chi connectivity index (χ0v) is 14.9. The predicted octanol–water partition coefficient (Wildman–Crippen LogP) is 3.17. The van der Waals surface area contributed by atoms with Crippen LogP contribution in [0.15, 0.2) is 36.7 Å². The van der Waals surface area contributed by atoms with Crippen molar-refractivity contribution in [1.82, 2.24) is 14.5 Å². The molecule has 0 N–H and O–H groups in total. The summed E-state index contributed by atoms with van der Waals surface area (Å²) in [7, 11) is 1.70. The Balaban J connectivity index is 1.44. The average Bonchev–Trinajstić information content (AvgIpc) is 3.34. The second-order valence-corrected chi connectivity index (χ2v) is 7.15. The summed E-state index contributed by atoms with van der Waals surface area (Å²) in [6, 6.07) is 8.42. The van der Waals surface area contributed by atoms with Crippen molar-refractivity contribution in [1.29, 1.82) is 0 Å². The first-order valence-corrected chi connectivity index (χ1v) is 9.10. The highest BCUT2D eigenvalue weighted by Gasteiger charge is 2.47. The van der Waals surface area contributed by atoms with Gasteiger partial charge in [0.15, 0.2) is 0 Å². The van der Waals surface area contributed by atoms with E-state index in [1.54, 1.807) is 7.11 Å². The van der Waals surface area contributed by atoms with Gasteiger partial charge in [0.2, 0.25) is 5.91 Å². The summed E-state index contributed by atoms with van der Waals surface area (Å²) in [4.78, 5) is 19.4. The third-order valence-corrected chi connectivity index (χ3v) is 5.61. The molecule has 3 atom stereocenters. The fourth-order valence-electron chi connectivity index (χ4n) is 4.17. The zero-order valence-electron chi connectivity index (χ0n) is 14.9. The predicted molar refractivity (Wildman–Crippen MR) is 95.7 cm³/mol. The van der Waals surface area contributed by atoms with Crippen molar-refractivity contribution in [2.24, 2.45) is 5.92 Å². The molecule has 1 aliphatic carbocycles. The smallest absolute Gasteiger partial charge is 0.226 e. The van der Waals surface area contributed by atoms with Crippen LogP contribution in [0.4, 0.5) is 0 Å². The van der Waals surface area contributed by atoms with Crippen molar-refractivity contribution in [3.05, 3.63) is 48.0 Å². The lowest BCUT2D eigenvalue weighted by Crippen LogP contribution is -2.41. The molecule has 1 aliphatic heterocycles. The minimum Gasteiger partial charge on any atom is -0.496 e. The van der Waals surface area contributed by atoms with Gasteiger partial charge in [0.1, 0.15) is 11.6 Å². The minimum atomic E-state index is 0.110. The molecule has 0 bridgehead atoms. The molecule has 2 aromatic rings. The van der Waals surface area contributed by atoms with E-state index >= 15 is 0 Å². The van der Waals surface area contributed by atoms with Crippen LogP contribution >= 0.6 is 0 Å². The van der Waals surface area contributed by atoms with E-state index in [0.29, 0.717) is 17.9 Å². The zero-order chi connectivity index (χ0) is 17.4. The second kappa shape index (κ2) is 6.54. The summed E-state index contributed by atoms with van der Waals surface area (Å²) < 4.78 is 7.68. The first-order valence-electron chi connectivity index (χ1n) is 9.10. The number of para-hydroxylation sites is 1. The van der Waals surface area contributed by atoms with Gasteiger partial charge in [-0.05, 0) is 43.7 Å². The molecule has 5 nitrogen and oxygen atoms in total. The van der Waals surface area contributed by atoms with E-state index in [9.17, 15) is 4.79 Å². The number of aryl methyl sites for hydroxylation is 1. The van der Waals surface area contributed by atoms with E-state index in [4.69, 9.17) is 4.74 Å². The van der Waals surface area contributed by atoms with Gasteiger partial charge in [0, 0.05) is 31.4 Å². The number of amides is 1. The number of imidazole rings is 1. The maximum Gasteiger partial charge on any atom is 0.226 e. The SMILES string of the molecule is COc1ccccc1[C@@H]1C[C@H]1C(=O)N1CCC[C@@H](n2ccnc2C)C1. The fourth-order valence-corrected chi connectivity index (χ4v) is 4.17. The van der Waals surface area contributed by atoms with Gasteiger partial charge >= 0.3 is 0 Å². The van der Waals surface area contributed by atoms with E-state index in [-0.39, 0.29) is 5.92 Å². The Labute approximate surface area is 148 Å². The molecule has 0 spiro atoms. The number of hydrogen-bond acceptors (Lipinski definition) is 3. The van der Waals surface area contributed by atoms with Crippen LogP contribution in [-0.4, -0.2) is 40.6 Å². The molecule has 25 heavy (non-hydrogen) atoms. The molecular formula is C20H25N3O2. The van der Waals surface area contributed by atoms with Gasteiger partial charge in [-0.3, -0.25) is 4.79 Å². The molecule has 2 aliphatic rings. The summed E-state index contributed by atoms with van der Waals surface area (Å²) in [6.45, 7) is 3.70. The van der Waals surface area contributed by atoms with Gasteiger partial charge in [0.05, 0.1) is 13.2 Å². The number of aromatic nitrogens is 2. The van der Waals surface area contributed by atoms with Crippen molar-refractivity contribution in [2.75, 3.05) is 20.2 Å². The summed E-state index contributed by atoms with van der Waals surface area (Å²) in [5, 5.41) is 0. The molecule has 0 unspecified atom stereocenters. The van der Waals surface area contributed by atoms with Gasteiger partial charge in [-0.25, -0.2) is 4.98 Å². The van der Waals surface area contributed by atoms with Crippen LogP contribution in [0.2, 0.25) is 0 Å². The van der Waals surface area contributed by atoms with Crippen LogP contribution < -0.4 is 4.74 Å². The minimum absolute atomic E-state index is 0.110. The van der Waals surface area contributed by atoms with Crippen LogP contribution in [0.1, 0.15) is 42.6 Å².